The Labute approximate surface area is 208 Å². The number of morpholine rings is 1. The van der Waals surface area contributed by atoms with Crippen LogP contribution in [0.15, 0.2) is 12.1 Å². The van der Waals surface area contributed by atoms with Crippen LogP contribution in [0.3, 0.4) is 0 Å². The molecule has 4 unspecified atom stereocenters. The van der Waals surface area contributed by atoms with E-state index in [1.807, 2.05) is 0 Å². The first kappa shape index (κ1) is 25.0. The van der Waals surface area contributed by atoms with Crippen LogP contribution in [0, 0.1) is 43.2 Å². The van der Waals surface area contributed by atoms with Gasteiger partial charge in [-0.1, -0.05) is 9.39 Å². The quantitative estimate of drug-likeness (QED) is 0.368. The van der Waals surface area contributed by atoms with Gasteiger partial charge in [-0.05, 0) is 0 Å². The molecule has 0 aromatic heterocycles. The van der Waals surface area contributed by atoms with Crippen LogP contribution < -0.4 is 15.1 Å². The number of hydrogen-bond donors (Lipinski definition) is 1. The molecule has 155 valence electrons. The molecular formula is C18H23N4O4PUV-2. The Bertz CT molecular complexity index is 728. The van der Waals surface area contributed by atoms with Crippen LogP contribution in [0.5, 0.6) is 0 Å². The molecule has 4 atom stereocenters. The number of rotatable bonds is 4. The van der Waals surface area contributed by atoms with Crippen molar-refractivity contribution in [2.45, 2.75) is 25.2 Å². The van der Waals surface area contributed by atoms with Gasteiger partial charge in [0.2, 0.25) is 5.91 Å². The van der Waals surface area contributed by atoms with Gasteiger partial charge in [0, 0.05) is 82.8 Å². The van der Waals surface area contributed by atoms with Gasteiger partial charge in [-0.2, -0.15) is 5.69 Å². The molecule has 4 rings (SSSR count). The van der Waals surface area contributed by atoms with E-state index in [4.69, 9.17) is 9.47 Å². The number of anilines is 2. The Kier molecular flexibility index (Phi) is 9.37. The summed E-state index contributed by atoms with van der Waals surface area (Å²) in [6, 6.07) is 10.4. The average molecular weight is 679 g/mol. The number of carbonyl (C=O) groups is 2. The molecule has 3 heterocycles. The average Bonchev–Trinajstić information content (AvgIpc) is 3.25. The van der Waals surface area contributed by atoms with E-state index < -0.39 is 6.09 Å². The molecule has 3 aliphatic heterocycles. The molecule has 1 aromatic rings. The Hall–Kier alpha value is -0.254. The summed E-state index contributed by atoms with van der Waals surface area (Å²) in [5, 5.41) is 2.67. The van der Waals surface area contributed by atoms with E-state index in [2.05, 4.69) is 36.4 Å². The first-order chi connectivity index (χ1) is 13.0. The zero-order valence-corrected chi connectivity index (χ0v) is 22.8. The predicted octanol–water partition coefficient (Wildman–Crippen LogP) is 0.425. The SMILES string of the molecule is CC(=O)NCC1CN(c2c[c-]c(N3CC4OCCN(P)C4C3)[c-]c2)C(=O)O1.[U].[V]. The standard InChI is InChI=1S/C18H23N4O4P.U.V/c1-12(23)19-8-15-9-21(18(24)26-15)14-4-2-13(3-5-14)20-10-16-17(11-20)25-7-6-22(16)27;;/h4-5,15-17H,6-11,27H2,1H3,(H,19,23);;/q-2;;. The van der Waals surface area contributed by atoms with Gasteiger partial charge in [-0.25, -0.2) is 10.5 Å². The zero-order valence-electron chi connectivity index (χ0n) is 16.1. The minimum atomic E-state index is -0.417. The third-order valence-corrected chi connectivity index (χ3v) is 5.78. The number of hydrogen-bond acceptors (Lipinski definition) is 6. The van der Waals surface area contributed by atoms with E-state index in [0.717, 1.165) is 31.9 Å². The Balaban J connectivity index is 0.00000150. The first-order valence-corrected chi connectivity index (χ1v) is 9.57. The van der Waals surface area contributed by atoms with E-state index in [1.54, 1.807) is 17.0 Å². The molecule has 2 amide bonds. The number of fused-ring (bicyclic) bond motifs is 1. The molecule has 0 bridgehead atoms. The van der Waals surface area contributed by atoms with Crippen molar-refractivity contribution in [2.75, 3.05) is 49.1 Å². The number of carbonyl (C=O) groups excluding carboxylic acids is 2. The van der Waals surface area contributed by atoms with Crippen molar-refractivity contribution in [3.8, 4) is 0 Å². The van der Waals surface area contributed by atoms with Crippen LogP contribution in [0.25, 0.3) is 0 Å². The number of cyclic esters (lactones) is 1. The minimum absolute atomic E-state index is 0. The summed E-state index contributed by atoms with van der Waals surface area (Å²) in [5.41, 5.74) is 1.56. The second-order valence-electron chi connectivity index (χ2n) is 7.02. The molecule has 8 nitrogen and oxygen atoms in total. The van der Waals surface area contributed by atoms with Gasteiger partial charge in [0.05, 0.1) is 25.3 Å². The van der Waals surface area contributed by atoms with Gasteiger partial charge < -0.3 is 36.7 Å². The maximum atomic E-state index is 12.1. The predicted molar refractivity (Wildman–Crippen MR) is 103 cm³/mol. The number of benzene rings is 1. The van der Waals surface area contributed by atoms with Gasteiger partial charge >= 0.3 is 6.09 Å². The Morgan fingerprint density at radius 1 is 1.31 bits per heavy atom. The molecule has 1 radical (unpaired) electrons. The van der Waals surface area contributed by atoms with Crippen LogP contribution in [-0.4, -0.2) is 74.3 Å². The molecule has 0 aliphatic carbocycles. The Morgan fingerprint density at radius 3 is 2.69 bits per heavy atom. The molecule has 0 spiro atoms. The normalized spacial score (nSPS) is 26.3. The van der Waals surface area contributed by atoms with E-state index in [-0.39, 0.29) is 67.8 Å². The molecule has 1 N–H and O–H groups in total. The fraction of sp³-hybridized carbons (Fsp3) is 0.556. The molecule has 0 saturated carbocycles. The fourth-order valence-electron chi connectivity index (χ4n) is 3.70. The van der Waals surface area contributed by atoms with Crippen molar-refractivity contribution in [1.29, 1.82) is 0 Å². The fourth-order valence-corrected chi connectivity index (χ4v) is 4.09. The molecule has 11 heteroatoms. The maximum Gasteiger partial charge on any atom is 0.393 e. The summed E-state index contributed by atoms with van der Waals surface area (Å²) in [6.07, 6.45) is -0.576. The van der Waals surface area contributed by atoms with Gasteiger partial charge in [-0.3, -0.25) is 21.6 Å². The van der Waals surface area contributed by atoms with Crippen LogP contribution >= 0.6 is 9.39 Å². The summed E-state index contributed by atoms with van der Waals surface area (Å²) in [6.45, 7) is 5.49. The Morgan fingerprint density at radius 2 is 2.03 bits per heavy atom. The van der Waals surface area contributed by atoms with Crippen molar-refractivity contribution in [1.82, 2.24) is 9.99 Å². The van der Waals surface area contributed by atoms with Crippen LogP contribution in [0.2, 0.25) is 0 Å². The van der Waals surface area contributed by atoms with E-state index in [9.17, 15) is 9.59 Å². The molecule has 3 aliphatic rings. The van der Waals surface area contributed by atoms with Gasteiger partial charge in [0.25, 0.3) is 0 Å². The number of amides is 2. The van der Waals surface area contributed by atoms with Crippen LogP contribution in [0.4, 0.5) is 16.2 Å². The molecule has 1 aromatic carbocycles. The molecular weight excluding hydrogens is 656 g/mol. The molecule has 3 saturated heterocycles. The van der Waals surface area contributed by atoms with E-state index in [0.29, 0.717) is 24.8 Å². The number of nitrogens with one attached hydrogen (secondary N) is 1. The zero-order chi connectivity index (χ0) is 19.0. The van der Waals surface area contributed by atoms with Gasteiger partial charge in [0.1, 0.15) is 6.10 Å². The third kappa shape index (κ3) is 5.71. The van der Waals surface area contributed by atoms with Crippen molar-refractivity contribution >= 4 is 32.8 Å². The summed E-state index contributed by atoms with van der Waals surface area (Å²) in [5.74, 6) is -0.144. The van der Waals surface area contributed by atoms with Crippen molar-refractivity contribution in [3.63, 3.8) is 0 Å². The van der Waals surface area contributed by atoms with Gasteiger partial charge in [0.15, 0.2) is 0 Å². The molecule has 3 fully saturated rings. The third-order valence-electron chi connectivity index (χ3n) is 5.14. The summed E-state index contributed by atoms with van der Waals surface area (Å²) in [4.78, 5) is 26.9. The second-order valence-corrected chi connectivity index (χ2v) is 7.69. The summed E-state index contributed by atoms with van der Waals surface area (Å²) >= 11 is 0. The smallest absolute Gasteiger partial charge is 0.393 e. The molecule has 29 heavy (non-hydrogen) atoms. The number of nitrogens with zero attached hydrogens (tertiary/aromatic N) is 3. The maximum absolute atomic E-state index is 12.1. The van der Waals surface area contributed by atoms with Crippen LogP contribution in [0.1, 0.15) is 6.92 Å². The van der Waals surface area contributed by atoms with Crippen molar-refractivity contribution < 1.29 is 68.7 Å². The summed E-state index contributed by atoms with van der Waals surface area (Å²) < 4.78 is 13.4. The van der Waals surface area contributed by atoms with E-state index in [1.165, 1.54) is 6.92 Å². The summed E-state index contributed by atoms with van der Waals surface area (Å²) in [7, 11) is 2.79. The van der Waals surface area contributed by atoms with Gasteiger partial charge in [-0.15, -0.1) is 0 Å². The largest absolute Gasteiger partial charge is 0.443 e. The van der Waals surface area contributed by atoms with Crippen molar-refractivity contribution in [2.24, 2.45) is 0 Å². The first-order valence-electron chi connectivity index (χ1n) is 9.05. The van der Waals surface area contributed by atoms with E-state index >= 15 is 0 Å². The van der Waals surface area contributed by atoms with Crippen LogP contribution in [-0.2, 0) is 32.8 Å². The topological polar surface area (TPSA) is 74.4 Å². The minimum Gasteiger partial charge on any atom is -0.443 e. The monoisotopic (exact) mass is 679 g/mol. The number of ether oxygens (including phenoxy) is 2. The van der Waals surface area contributed by atoms with Crippen molar-refractivity contribution in [3.05, 3.63) is 24.3 Å². The second kappa shape index (κ2) is 10.9.